The molecule has 2 heterocycles. The summed E-state index contributed by atoms with van der Waals surface area (Å²) in [5, 5.41) is 10.5. The predicted molar refractivity (Wildman–Crippen MR) is 67.9 cm³/mol. The van der Waals surface area contributed by atoms with E-state index in [9.17, 15) is 4.79 Å². The van der Waals surface area contributed by atoms with Crippen LogP contribution in [0.15, 0.2) is 4.63 Å². The number of aryl methyl sites for hydroxylation is 1. The van der Waals surface area contributed by atoms with Gasteiger partial charge in [-0.1, -0.05) is 10.3 Å². The van der Waals surface area contributed by atoms with E-state index in [1.54, 1.807) is 14.0 Å². The van der Waals surface area contributed by atoms with Crippen LogP contribution >= 0.6 is 0 Å². The molecule has 0 unspecified atom stereocenters. The fraction of sp³-hybridized carbons (Fsp3) is 0.769. The molecule has 0 radical (unpaired) electrons. The van der Waals surface area contributed by atoms with Crippen LogP contribution in [0, 0.1) is 18.8 Å². The van der Waals surface area contributed by atoms with Gasteiger partial charge in [0, 0.05) is 31.6 Å². The number of fused-ring (bicyclic) bond motifs is 1. The van der Waals surface area contributed by atoms with E-state index >= 15 is 0 Å². The van der Waals surface area contributed by atoms with Gasteiger partial charge >= 0.3 is 0 Å². The Morgan fingerprint density at radius 3 is 3.05 bits per heavy atom. The molecule has 1 amide bonds. The molecule has 1 N–H and O–H groups in total. The molecule has 2 fully saturated rings. The lowest BCUT2D eigenvalue weighted by Gasteiger charge is -2.47. The maximum atomic E-state index is 12.1. The van der Waals surface area contributed by atoms with Gasteiger partial charge in [0.2, 0.25) is 5.91 Å². The first-order valence-electron chi connectivity index (χ1n) is 6.88. The summed E-state index contributed by atoms with van der Waals surface area (Å²) in [4.78, 5) is 12.1. The van der Waals surface area contributed by atoms with Crippen LogP contribution in [0.5, 0.6) is 0 Å². The van der Waals surface area contributed by atoms with E-state index in [2.05, 4.69) is 20.3 Å². The Morgan fingerprint density at radius 2 is 2.35 bits per heavy atom. The van der Waals surface area contributed by atoms with Crippen molar-refractivity contribution in [2.24, 2.45) is 11.8 Å². The van der Waals surface area contributed by atoms with Crippen LogP contribution in [0.3, 0.4) is 0 Å². The number of ether oxygens (including phenoxy) is 2. The van der Waals surface area contributed by atoms with Crippen LogP contribution in [0.2, 0.25) is 0 Å². The average molecular weight is 281 g/mol. The van der Waals surface area contributed by atoms with E-state index in [1.807, 2.05) is 0 Å². The summed E-state index contributed by atoms with van der Waals surface area (Å²) in [6.45, 7) is 3.15. The van der Waals surface area contributed by atoms with E-state index in [1.165, 1.54) is 0 Å². The number of amides is 1. The molecular weight excluding hydrogens is 262 g/mol. The first-order chi connectivity index (χ1) is 9.70. The van der Waals surface area contributed by atoms with Gasteiger partial charge in [0.25, 0.3) is 0 Å². The van der Waals surface area contributed by atoms with Crippen molar-refractivity contribution in [3.63, 3.8) is 0 Å². The van der Waals surface area contributed by atoms with E-state index in [-0.39, 0.29) is 30.4 Å². The van der Waals surface area contributed by atoms with Crippen LogP contribution in [0.1, 0.15) is 17.8 Å². The molecule has 2 aliphatic rings. The predicted octanol–water partition coefficient (Wildman–Crippen LogP) is 0.0866. The van der Waals surface area contributed by atoms with Gasteiger partial charge in [0.15, 0.2) is 0 Å². The second-order valence-corrected chi connectivity index (χ2v) is 5.47. The molecule has 3 rings (SSSR count). The average Bonchev–Trinajstić information content (AvgIpc) is 3.01. The van der Waals surface area contributed by atoms with Gasteiger partial charge in [-0.2, -0.15) is 0 Å². The minimum absolute atomic E-state index is 0.0553. The Balaban J connectivity index is 1.59. The highest BCUT2D eigenvalue weighted by molar-refractivity contribution is 5.78. The number of aromatic nitrogens is 2. The Kier molecular flexibility index (Phi) is 3.71. The van der Waals surface area contributed by atoms with Gasteiger partial charge in [-0.25, -0.2) is 4.63 Å². The minimum Gasteiger partial charge on any atom is -0.384 e. The Labute approximate surface area is 117 Å². The van der Waals surface area contributed by atoms with E-state index < -0.39 is 0 Å². The van der Waals surface area contributed by atoms with Crippen molar-refractivity contribution in [3.05, 3.63) is 11.4 Å². The number of carbonyl (C=O) groups is 1. The van der Waals surface area contributed by atoms with Crippen LogP contribution in [0.25, 0.3) is 0 Å². The van der Waals surface area contributed by atoms with Crippen LogP contribution in [-0.4, -0.2) is 48.7 Å². The molecule has 4 atom stereocenters. The van der Waals surface area contributed by atoms with Crippen molar-refractivity contribution in [1.82, 2.24) is 15.6 Å². The minimum atomic E-state index is -0.0553. The van der Waals surface area contributed by atoms with Crippen molar-refractivity contribution in [1.29, 1.82) is 0 Å². The maximum absolute atomic E-state index is 12.1. The second-order valence-electron chi connectivity index (χ2n) is 5.47. The Bertz CT molecular complexity index is 490. The van der Waals surface area contributed by atoms with E-state index in [0.29, 0.717) is 23.9 Å². The van der Waals surface area contributed by atoms with Crippen molar-refractivity contribution >= 4 is 5.91 Å². The number of hydrogen-bond acceptors (Lipinski definition) is 6. The summed E-state index contributed by atoms with van der Waals surface area (Å²) in [6, 6.07) is 0.134. The monoisotopic (exact) mass is 281 g/mol. The molecule has 1 saturated heterocycles. The molecule has 110 valence electrons. The first kappa shape index (κ1) is 13.5. The van der Waals surface area contributed by atoms with Crippen molar-refractivity contribution in [2.45, 2.75) is 31.9 Å². The standard InChI is InChI=1S/C13H19N3O4/c1-7-10(16-20-15-7)5-11(17)14-12-8-3-4-19-13(8)9(12)6-18-2/h8-9,12-13H,3-6H2,1-2H3,(H,14,17)/t8-,9+,12-,13-/m1/s1. The number of hydrogen-bond donors (Lipinski definition) is 1. The van der Waals surface area contributed by atoms with Crippen molar-refractivity contribution in [2.75, 3.05) is 20.3 Å². The van der Waals surface area contributed by atoms with Gasteiger partial charge in [-0.05, 0) is 13.3 Å². The normalized spacial score (nSPS) is 31.7. The lowest BCUT2D eigenvalue weighted by Crippen LogP contribution is -2.63. The topological polar surface area (TPSA) is 86.5 Å². The van der Waals surface area contributed by atoms with Crippen molar-refractivity contribution < 1.29 is 18.9 Å². The molecule has 0 aromatic carbocycles. The van der Waals surface area contributed by atoms with Crippen LogP contribution in [-0.2, 0) is 20.7 Å². The lowest BCUT2D eigenvalue weighted by molar-refractivity contribution is -0.129. The molecule has 1 aliphatic carbocycles. The second kappa shape index (κ2) is 5.49. The molecule has 0 bridgehead atoms. The highest BCUT2D eigenvalue weighted by Crippen LogP contribution is 2.43. The first-order valence-corrected chi connectivity index (χ1v) is 6.88. The third kappa shape index (κ3) is 2.31. The zero-order valence-corrected chi connectivity index (χ0v) is 11.7. The molecule has 1 aliphatic heterocycles. The molecular formula is C13H19N3O4. The quantitative estimate of drug-likeness (QED) is 0.823. The molecule has 7 heteroatoms. The highest BCUT2D eigenvalue weighted by Gasteiger charge is 2.54. The Hall–Kier alpha value is -1.47. The zero-order valence-electron chi connectivity index (χ0n) is 11.7. The molecule has 1 saturated carbocycles. The number of methoxy groups -OCH3 is 1. The number of nitrogens with zero attached hydrogens (tertiary/aromatic N) is 2. The summed E-state index contributed by atoms with van der Waals surface area (Å²) >= 11 is 0. The van der Waals surface area contributed by atoms with Gasteiger partial charge in [-0.15, -0.1) is 0 Å². The third-order valence-corrected chi connectivity index (χ3v) is 4.29. The number of rotatable bonds is 5. The number of nitrogens with one attached hydrogen (secondary N) is 1. The molecule has 0 spiro atoms. The van der Waals surface area contributed by atoms with Gasteiger partial charge in [0.05, 0.1) is 19.1 Å². The maximum Gasteiger partial charge on any atom is 0.226 e. The Morgan fingerprint density at radius 1 is 1.50 bits per heavy atom. The molecule has 20 heavy (non-hydrogen) atoms. The number of carbonyl (C=O) groups excluding carboxylic acids is 1. The van der Waals surface area contributed by atoms with E-state index in [0.717, 1.165) is 13.0 Å². The molecule has 1 aromatic heterocycles. The zero-order chi connectivity index (χ0) is 14.1. The third-order valence-electron chi connectivity index (χ3n) is 4.29. The van der Waals surface area contributed by atoms with Gasteiger partial charge in [-0.3, -0.25) is 4.79 Å². The van der Waals surface area contributed by atoms with Gasteiger partial charge in [0.1, 0.15) is 11.4 Å². The lowest BCUT2D eigenvalue weighted by atomic mass is 9.67. The summed E-state index contributed by atoms with van der Waals surface area (Å²) in [6.07, 6.45) is 1.43. The van der Waals surface area contributed by atoms with Crippen LogP contribution < -0.4 is 5.32 Å². The fourth-order valence-electron chi connectivity index (χ4n) is 3.23. The fourth-order valence-corrected chi connectivity index (χ4v) is 3.23. The molecule has 1 aromatic rings. The van der Waals surface area contributed by atoms with E-state index in [4.69, 9.17) is 9.47 Å². The SMILES string of the molecule is COC[C@H]1[C@H](NC(=O)Cc2nonc2C)[C@H]2CCO[C@H]21. The van der Waals surface area contributed by atoms with Gasteiger partial charge < -0.3 is 14.8 Å². The van der Waals surface area contributed by atoms with Crippen LogP contribution in [0.4, 0.5) is 0 Å². The highest BCUT2D eigenvalue weighted by atomic mass is 16.6. The summed E-state index contributed by atoms with van der Waals surface area (Å²) in [5.74, 6) is 0.601. The largest absolute Gasteiger partial charge is 0.384 e. The van der Waals surface area contributed by atoms with Crippen molar-refractivity contribution in [3.8, 4) is 0 Å². The molecule has 7 nitrogen and oxygen atoms in total. The smallest absolute Gasteiger partial charge is 0.226 e. The summed E-state index contributed by atoms with van der Waals surface area (Å²) < 4.78 is 15.5. The summed E-state index contributed by atoms with van der Waals surface area (Å²) in [7, 11) is 1.67. The summed E-state index contributed by atoms with van der Waals surface area (Å²) in [5.41, 5.74) is 1.24.